The summed E-state index contributed by atoms with van der Waals surface area (Å²) in [5.41, 5.74) is -0.393. The highest BCUT2D eigenvalue weighted by Crippen LogP contribution is 2.40. The fourth-order valence-electron chi connectivity index (χ4n) is 3.47. The predicted molar refractivity (Wildman–Crippen MR) is 81.0 cm³/mol. The van der Waals surface area contributed by atoms with Crippen LogP contribution in [0.1, 0.15) is 58.4 Å². The van der Waals surface area contributed by atoms with E-state index in [-0.39, 0.29) is 17.4 Å². The second-order valence-corrected chi connectivity index (χ2v) is 7.61. The van der Waals surface area contributed by atoms with Crippen LogP contribution in [0.15, 0.2) is 18.2 Å². The molecular formula is C18H26F2O. The Hall–Kier alpha value is -0.960. The quantitative estimate of drug-likeness (QED) is 0.772. The number of benzene rings is 1. The smallest absolute Gasteiger partial charge is 0.162 e. The van der Waals surface area contributed by atoms with Crippen LogP contribution >= 0.6 is 0 Å². The molecule has 118 valence electrons. The molecule has 0 saturated heterocycles. The molecule has 2 rings (SSSR count). The molecule has 0 bridgehead atoms. The van der Waals surface area contributed by atoms with Gasteiger partial charge in [-0.3, -0.25) is 0 Å². The molecule has 0 heterocycles. The van der Waals surface area contributed by atoms with Crippen molar-refractivity contribution in [2.45, 2.75) is 64.9 Å². The first-order chi connectivity index (χ1) is 9.71. The summed E-state index contributed by atoms with van der Waals surface area (Å²) in [6, 6.07) is 4.19. The van der Waals surface area contributed by atoms with E-state index in [9.17, 15) is 13.9 Å². The van der Waals surface area contributed by atoms with Gasteiger partial charge in [-0.05, 0) is 48.6 Å². The van der Waals surface area contributed by atoms with E-state index in [1.165, 1.54) is 6.07 Å². The Morgan fingerprint density at radius 1 is 1.19 bits per heavy atom. The van der Waals surface area contributed by atoms with E-state index in [1.54, 1.807) is 6.07 Å². The topological polar surface area (TPSA) is 20.2 Å². The minimum absolute atomic E-state index is 0.202. The molecule has 0 radical (unpaired) electrons. The van der Waals surface area contributed by atoms with Crippen LogP contribution in [0.4, 0.5) is 8.78 Å². The lowest BCUT2D eigenvalue weighted by atomic mass is 9.76. The first kappa shape index (κ1) is 16.4. The second-order valence-electron chi connectivity index (χ2n) is 7.61. The van der Waals surface area contributed by atoms with E-state index in [0.29, 0.717) is 18.8 Å². The molecule has 1 aromatic rings. The van der Waals surface area contributed by atoms with Crippen molar-refractivity contribution in [1.82, 2.24) is 0 Å². The van der Waals surface area contributed by atoms with Gasteiger partial charge in [0.2, 0.25) is 0 Å². The van der Waals surface area contributed by atoms with Crippen LogP contribution in [0.5, 0.6) is 0 Å². The van der Waals surface area contributed by atoms with E-state index in [2.05, 4.69) is 20.8 Å². The number of hydrogen-bond donors (Lipinski definition) is 1. The molecule has 2 atom stereocenters. The summed E-state index contributed by atoms with van der Waals surface area (Å²) in [5.74, 6) is -1.08. The zero-order valence-electron chi connectivity index (χ0n) is 13.3. The molecule has 0 spiro atoms. The van der Waals surface area contributed by atoms with Crippen molar-refractivity contribution in [3.05, 3.63) is 35.4 Å². The minimum atomic E-state index is -0.908. The van der Waals surface area contributed by atoms with Gasteiger partial charge in [0.1, 0.15) is 0 Å². The SMILES string of the molecule is CC(C)(C)C1CCCC(O)(Cc2cccc(F)c2F)CC1. The summed E-state index contributed by atoms with van der Waals surface area (Å²) in [5, 5.41) is 10.8. The Bertz CT molecular complexity index is 492. The number of rotatable bonds is 2. The Morgan fingerprint density at radius 3 is 2.57 bits per heavy atom. The monoisotopic (exact) mass is 296 g/mol. The van der Waals surface area contributed by atoms with Crippen LogP contribution in [0.2, 0.25) is 0 Å². The summed E-state index contributed by atoms with van der Waals surface area (Å²) >= 11 is 0. The van der Waals surface area contributed by atoms with Gasteiger partial charge in [-0.15, -0.1) is 0 Å². The zero-order valence-corrected chi connectivity index (χ0v) is 13.3. The van der Waals surface area contributed by atoms with E-state index in [0.717, 1.165) is 25.3 Å². The second kappa shape index (κ2) is 6.04. The van der Waals surface area contributed by atoms with Gasteiger partial charge in [-0.1, -0.05) is 39.3 Å². The summed E-state index contributed by atoms with van der Waals surface area (Å²) in [6.07, 6.45) is 4.50. The summed E-state index contributed by atoms with van der Waals surface area (Å²) in [4.78, 5) is 0. The van der Waals surface area contributed by atoms with Gasteiger partial charge >= 0.3 is 0 Å². The maximum Gasteiger partial charge on any atom is 0.162 e. The van der Waals surface area contributed by atoms with Crippen LogP contribution in [0, 0.1) is 23.0 Å². The maximum absolute atomic E-state index is 13.8. The molecule has 1 nitrogen and oxygen atoms in total. The van der Waals surface area contributed by atoms with Gasteiger partial charge in [0.15, 0.2) is 11.6 Å². The van der Waals surface area contributed by atoms with Crippen molar-refractivity contribution >= 4 is 0 Å². The van der Waals surface area contributed by atoms with Crippen molar-refractivity contribution in [1.29, 1.82) is 0 Å². The summed E-state index contributed by atoms with van der Waals surface area (Å²) in [7, 11) is 0. The minimum Gasteiger partial charge on any atom is -0.390 e. The van der Waals surface area contributed by atoms with E-state index < -0.39 is 17.2 Å². The molecule has 1 aliphatic carbocycles. The lowest BCUT2D eigenvalue weighted by molar-refractivity contribution is 0.0216. The highest BCUT2D eigenvalue weighted by Gasteiger charge is 2.35. The molecule has 1 fully saturated rings. The average Bonchev–Trinajstić information content (AvgIpc) is 2.57. The van der Waals surface area contributed by atoms with Crippen molar-refractivity contribution in [3.63, 3.8) is 0 Å². The first-order valence-corrected chi connectivity index (χ1v) is 7.86. The van der Waals surface area contributed by atoms with Crippen molar-refractivity contribution in [3.8, 4) is 0 Å². The molecule has 0 aromatic heterocycles. The third kappa shape index (κ3) is 4.03. The van der Waals surface area contributed by atoms with Gasteiger partial charge in [0.05, 0.1) is 5.60 Å². The van der Waals surface area contributed by atoms with E-state index in [4.69, 9.17) is 0 Å². The van der Waals surface area contributed by atoms with Crippen molar-refractivity contribution in [2.75, 3.05) is 0 Å². The van der Waals surface area contributed by atoms with Crippen LogP contribution in [-0.4, -0.2) is 10.7 Å². The lowest BCUT2D eigenvalue weighted by Gasteiger charge is -2.31. The molecule has 3 heteroatoms. The van der Waals surface area contributed by atoms with Crippen molar-refractivity contribution in [2.24, 2.45) is 11.3 Å². The zero-order chi connectivity index (χ0) is 15.7. The molecule has 0 amide bonds. The standard InChI is InChI=1S/C18H26F2O/c1-17(2,3)14-7-5-10-18(21,11-9-14)12-13-6-4-8-15(19)16(13)20/h4,6,8,14,21H,5,7,9-12H2,1-3H3. The molecular weight excluding hydrogens is 270 g/mol. The molecule has 2 unspecified atom stereocenters. The lowest BCUT2D eigenvalue weighted by Crippen LogP contribution is -2.31. The summed E-state index contributed by atoms with van der Waals surface area (Å²) < 4.78 is 27.1. The largest absolute Gasteiger partial charge is 0.390 e. The van der Waals surface area contributed by atoms with Crippen LogP contribution < -0.4 is 0 Å². The van der Waals surface area contributed by atoms with Crippen molar-refractivity contribution < 1.29 is 13.9 Å². The Morgan fingerprint density at radius 2 is 1.90 bits per heavy atom. The first-order valence-electron chi connectivity index (χ1n) is 7.86. The Labute approximate surface area is 126 Å². The molecule has 1 aromatic carbocycles. The predicted octanol–water partition coefficient (Wildman–Crippen LogP) is 4.86. The van der Waals surface area contributed by atoms with Gasteiger partial charge in [-0.25, -0.2) is 8.78 Å². The van der Waals surface area contributed by atoms with Gasteiger partial charge in [-0.2, -0.15) is 0 Å². The summed E-state index contributed by atoms with van der Waals surface area (Å²) in [6.45, 7) is 6.69. The third-order valence-electron chi connectivity index (χ3n) is 4.93. The molecule has 1 N–H and O–H groups in total. The molecule has 21 heavy (non-hydrogen) atoms. The van der Waals surface area contributed by atoms with Crippen LogP contribution in [0.3, 0.4) is 0 Å². The third-order valence-corrected chi connectivity index (χ3v) is 4.93. The number of aliphatic hydroxyl groups is 1. The number of halogens is 2. The van der Waals surface area contributed by atoms with Gasteiger partial charge < -0.3 is 5.11 Å². The average molecular weight is 296 g/mol. The van der Waals surface area contributed by atoms with Crippen LogP contribution in [0.25, 0.3) is 0 Å². The Balaban J connectivity index is 2.11. The normalized spacial score (nSPS) is 27.4. The number of hydrogen-bond acceptors (Lipinski definition) is 1. The van der Waals surface area contributed by atoms with Crippen LogP contribution in [-0.2, 0) is 6.42 Å². The maximum atomic E-state index is 13.8. The highest BCUT2D eigenvalue weighted by atomic mass is 19.2. The van der Waals surface area contributed by atoms with E-state index in [1.807, 2.05) is 0 Å². The highest BCUT2D eigenvalue weighted by molar-refractivity contribution is 5.21. The Kier molecular flexibility index (Phi) is 4.72. The fraction of sp³-hybridized carbons (Fsp3) is 0.667. The molecule has 0 aliphatic heterocycles. The molecule has 1 saturated carbocycles. The van der Waals surface area contributed by atoms with Gasteiger partial charge in [0, 0.05) is 6.42 Å². The molecule has 1 aliphatic rings. The van der Waals surface area contributed by atoms with E-state index >= 15 is 0 Å². The van der Waals surface area contributed by atoms with Gasteiger partial charge in [0.25, 0.3) is 0 Å². The fourth-order valence-corrected chi connectivity index (χ4v) is 3.47.